The molecule has 0 heterocycles. The van der Waals surface area contributed by atoms with Crippen LogP contribution in [0.4, 0.5) is 4.79 Å². The Balaban J connectivity index is 3.72. The predicted molar refractivity (Wildman–Crippen MR) is 63.8 cm³/mol. The van der Waals surface area contributed by atoms with Crippen LogP contribution < -0.4 is 5.32 Å². The molecule has 2 N–H and O–H groups in total. The number of hydrogen-bond acceptors (Lipinski definition) is 2. The van der Waals surface area contributed by atoms with Gasteiger partial charge in [0.1, 0.15) is 0 Å². The first-order valence-corrected chi connectivity index (χ1v) is 8.18. The van der Waals surface area contributed by atoms with Gasteiger partial charge in [-0.05, 0) is 24.6 Å². The number of rotatable bonds is 5. The highest BCUT2D eigenvalue weighted by Crippen LogP contribution is 2.36. The van der Waals surface area contributed by atoms with Crippen LogP contribution in [0.5, 0.6) is 0 Å². The molecule has 0 aliphatic rings. The van der Waals surface area contributed by atoms with Gasteiger partial charge in [0.25, 0.3) is 0 Å². The Morgan fingerprint density at radius 3 is 2.33 bits per heavy atom. The number of amides is 1. The molecule has 0 atom stereocenters. The van der Waals surface area contributed by atoms with Crippen molar-refractivity contribution in [1.82, 2.24) is 5.32 Å². The topological polar surface area (TPSA) is 58.6 Å². The number of hydrogen-bond donors (Lipinski definition) is 2. The molecule has 0 bridgehead atoms. The summed E-state index contributed by atoms with van der Waals surface area (Å²) in [6.07, 6.45) is -0.235. The average molecular weight is 233 g/mol. The van der Waals surface area contributed by atoms with Crippen molar-refractivity contribution >= 4 is 14.4 Å². The van der Waals surface area contributed by atoms with Crippen LogP contribution in [0.2, 0.25) is 18.1 Å². The molecule has 0 fully saturated rings. The van der Waals surface area contributed by atoms with E-state index in [9.17, 15) is 4.79 Å². The molecular weight excluding hydrogens is 210 g/mol. The van der Waals surface area contributed by atoms with Gasteiger partial charge in [-0.15, -0.1) is 0 Å². The summed E-state index contributed by atoms with van der Waals surface area (Å²) in [6.45, 7) is 12.0. The van der Waals surface area contributed by atoms with E-state index in [2.05, 4.69) is 39.2 Å². The lowest BCUT2D eigenvalue weighted by atomic mass is 10.2. The van der Waals surface area contributed by atoms with E-state index in [4.69, 9.17) is 9.53 Å². The van der Waals surface area contributed by atoms with Crippen LogP contribution in [-0.4, -0.2) is 32.7 Å². The molecule has 0 saturated carbocycles. The molecule has 0 rings (SSSR count). The maximum Gasteiger partial charge on any atom is 0.404 e. The molecule has 0 spiro atoms. The van der Waals surface area contributed by atoms with Crippen molar-refractivity contribution in [2.24, 2.45) is 0 Å². The van der Waals surface area contributed by atoms with Gasteiger partial charge >= 0.3 is 6.09 Å². The smallest absolute Gasteiger partial charge is 0.404 e. The molecule has 0 aliphatic heterocycles. The van der Waals surface area contributed by atoms with Crippen LogP contribution in [0.15, 0.2) is 0 Å². The van der Waals surface area contributed by atoms with Gasteiger partial charge in [-0.3, -0.25) is 0 Å². The summed E-state index contributed by atoms with van der Waals surface area (Å²) in [7, 11) is -1.66. The van der Waals surface area contributed by atoms with Gasteiger partial charge in [0, 0.05) is 13.2 Å². The van der Waals surface area contributed by atoms with Gasteiger partial charge in [-0.2, -0.15) is 0 Å². The SMILES string of the molecule is CC(C)(C)[Si](C)(C)OCCCNC(=O)O. The number of carboxylic acid groups (broad SMARTS) is 1. The quantitative estimate of drug-likeness (QED) is 0.567. The molecule has 1 amide bonds. The van der Waals surface area contributed by atoms with Crippen molar-refractivity contribution < 1.29 is 14.3 Å². The van der Waals surface area contributed by atoms with E-state index in [-0.39, 0.29) is 5.04 Å². The molecule has 15 heavy (non-hydrogen) atoms. The Morgan fingerprint density at radius 1 is 1.40 bits per heavy atom. The molecule has 0 aromatic rings. The highest BCUT2D eigenvalue weighted by molar-refractivity contribution is 6.74. The number of carbonyl (C=O) groups is 1. The Kier molecular flexibility index (Phi) is 5.31. The largest absolute Gasteiger partial charge is 0.465 e. The Bertz CT molecular complexity index is 211. The molecule has 0 aliphatic carbocycles. The first-order valence-electron chi connectivity index (χ1n) is 5.27. The third-order valence-electron chi connectivity index (χ3n) is 2.87. The molecule has 5 heteroatoms. The Hall–Kier alpha value is -0.553. The number of nitrogens with one attached hydrogen (secondary N) is 1. The van der Waals surface area contributed by atoms with Crippen LogP contribution >= 0.6 is 0 Å². The zero-order valence-electron chi connectivity index (χ0n) is 10.4. The molecule has 0 aromatic heterocycles. The minimum absolute atomic E-state index is 0.216. The molecule has 4 nitrogen and oxygen atoms in total. The summed E-state index contributed by atoms with van der Waals surface area (Å²) >= 11 is 0. The Morgan fingerprint density at radius 2 is 1.93 bits per heavy atom. The highest BCUT2D eigenvalue weighted by atomic mass is 28.4. The van der Waals surface area contributed by atoms with Crippen molar-refractivity contribution in [2.75, 3.05) is 13.2 Å². The summed E-state index contributed by atoms with van der Waals surface area (Å²) in [5.74, 6) is 0. The fraction of sp³-hybridized carbons (Fsp3) is 0.900. The van der Waals surface area contributed by atoms with E-state index in [1.54, 1.807) is 0 Å². The highest BCUT2D eigenvalue weighted by Gasteiger charge is 2.36. The van der Waals surface area contributed by atoms with Crippen LogP contribution in [0, 0.1) is 0 Å². The zero-order valence-corrected chi connectivity index (χ0v) is 11.4. The molecule has 0 radical (unpaired) electrons. The average Bonchev–Trinajstić information content (AvgIpc) is 2.00. The minimum Gasteiger partial charge on any atom is -0.465 e. The molecule has 0 aromatic carbocycles. The zero-order chi connectivity index (χ0) is 12.1. The van der Waals surface area contributed by atoms with E-state index >= 15 is 0 Å². The summed E-state index contributed by atoms with van der Waals surface area (Å²) in [4.78, 5) is 10.2. The summed E-state index contributed by atoms with van der Waals surface area (Å²) in [6, 6.07) is 0. The van der Waals surface area contributed by atoms with Crippen molar-refractivity contribution in [3.05, 3.63) is 0 Å². The molecule has 90 valence electrons. The van der Waals surface area contributed by atoms with Crippen molar-refractivity contribution in [3.8, 4) is 0 Å². The lowest BCUT2D eigenvalue weighted by Crippen LogP contribution is -2.41. The third kappa shape index (κ3) is 5.79. The van der Waals surface area contributed by atoms with E-state index in [0.29, 0.717) is 13.2 Å². The van der Waals surface area contributed by atoms with E-state index in [0.717, 1.165) is 6.42 Å². The van der Waals surface area contributed by atoms with Crippen LogP contribution in [0.1, 0.15) is 27.2 Å². The standard InChI is InChI=1S/C10H23NO3Si/c1-10(2,3)15(4,5)14-8-6-7-11-9(12)13/h11H,6-8H2,1-5H3,(H,12,13). The van der Waals surface area contributed by atoms with Gasteiger partial charge in [-0.25, -0.2) is 4.79 Å². The first kappa shape index (κ1) is 14.4. The van der Waals surface area contributed by atoms with Gasteiger partial charge in [0.05, 0.1) is 0 Å². The normalized spacial score (nSPS) is 12.6. The van der Waals surface area contributed by atoms with Gasteiger partial charge in [0.15, 0.2) is 8.32 Å². The van der Waals surface area contributed by atoms with Gasteiger partial charge in [0.2, 0.25) is 0 Å². The third-order valence-corrected chi connectivity index (χ3v) is 7.40. The fourth-order valence-corrected chi connectivity index (χ4v) is 1.90. The molecule has 0 unspecified atom stereocenters. The second-order valence-electron chi connectivity index (χ2n) is 5.19. The van der Waals surface area contributed by atoms with Crippen molar-refractivity contribution in [3.63, 3.8) is 0 Å². The van der Waals surface area contributed by atoms with Crippen LogP contribution in [0.25, 0.3) is 0 Å². The Labute approximate surface area is 93.1 Å². The molecule has 0 saturated heterocycles. The van der Waals surface area contributed by atoms with Crippen LogP contribution in [0.3, 0.4) is 0 Å². The fourth-order valence-electron chi connectivity index (χ4n) is 0.811. The summed E-state index contributed by atoms with van der Waals surface area (Å²) in [5.41, 5.74) is 0. The lowest BCUT2D eigenvalue weighted by molar-refractivity contribution is 0.193. The summed E-state index contributed by atoms with van der Waals surface area (Å²) in [5, 5.41) is 10.9. The molecular formula is C10H23NO3Si. The summed E-state index contributed by atoms with van der Waals surface area (Å²) < 4.78 is 5.88. The second kappa shape index (κ2) is 5.51. The van der Waals surface area contributed by atoms with Crippen molar-refractivity contribution in [2.45, 2.75) is 45.3 Å². The predicted octanol–water partition coefficient (Wildman–Crippen LogP) is 2.67. The van der Waals surface area contributed by atoms with Crippen molar-refractivity contribution in [1.29, 1.82) is 0 Å². The van der Waals surface area contributed by atoms with Crippen LogP contribution in [-0.2, 0) is 4.43 Å². The van der Waals surface area contributed by atoms with E-state index < -0.39 is 14.4 Å². The minimum atomic E-state index is -1.66. The van der Waals surface area contributed by atoms with E-state index in [1.807, 2.05) is 0 Å². The second-order valence-corrected chi connectivity index (χ2v) is 10.0. The first-order chi connectivity index (χ1) is 6.67. The maximum atomic E-state index is 10.2. The van der Waals surface area contributed by atoms with Gasteiger partial charge < -0.3 is 14.8 Å². The monoisotopic (exact) mass is 233 g/mol. The lowest BCUT2D eigenvalue weighted by Gasteiger charge is -2.36. The van der Waals surface area contributed by atoms with E-state index in [1.165, 1.54) is 0 Å². The van der Waals surface area contributed by atoms with Gasteiger partial charge in [-0.1, -0.05) is 20.8 Å². The maximum absolute atomic E-state index is 10.2.